The van der Waals surface area contributed by atoms with Crippen molar-refractivity contribution < 1.29 is 23.5 Å². The van der Waals surface area contributed by atoms with Gasteiger partial charge in [-0.05, 0) is 74.7 Å². The van der Waals surface area contributed by atoms with Crippen LogP contribution in [0, 0.1) is 19.7 Å². The minimum Gasteiger partial charge on any atom is -0.496 e. The molecule has 1 heterocycles. The third kappa shape index (κ3) is 5.40. The van der Waals surface area contributed by atoms with Crippen molar-refractivity contribution in [3.63, 3.8) is 0 Å². The number of carbonyl (C=O) groups is 2. The van der Waals surface area contributed by atoms with Gasteiger partial charge in [-0.3, -0.25) is 9.59 Å². The molecule has 8 heteroatoms. The number of benzene rings is 4. The van der Waals surface area contributed by atoms with E-state index in [1.165, 1.54) is 12.1 Å². The Morgan fingerprint density at radius 2 is 1.69 bits per heavy atom. The lowest BCUT2D eigenvalue weighted by Gasteiger charge is -2.39. The molecule has 1 aliphatic heterocycles. The molecular formula is C34H34FN3O4. The highest BCUT2D eigenvalue weighted by Gasteiger charge is 2.38. The summed E-state index contributed by atoms with van der Waals surface area (Å²) >= 11 is 0. The van der Waals surface area contributed by atoms with Crippen LogP contribution in [0.5, 0.6) is 11.5 Å². The monoisotopic (exact) mass is 567 g/mol. The number of carbonyl (C=O) groups excluding carboxylic acids is 2. The summed E-state index contributed by atoms with van der Waals surface area (Å²) in [5.74, 6) is 0.227. The Bertz CT molecular complexity index is 1700. The van der Waals surface area contributed by atoms with Crippen LogP contribution in [0.15, 0.2) is 72.8 Å². The van der Waals surface area contributed by atoms with Gasteiger partial charge in [0, 0.05) is 41.6 Å². The zero-order valence-electron chi connectivity index (χ0n) is 24.6. The fourth-order valence-electron chi connectivity index (χ4n) is 5.33. The van der Waals surface area contributed by atoms with Crippen LogP contribution >= 0.6 is 0 Å². The van der Waals surface area contributed by atoms with Crippen molar-refractivity contribution in [3.05, 3.63) is 101 Å². The standard InChI is InChI=1S/C34H34FN3O4/c1-20-9-7-8-10-24(20)32(39)36-23-13-14-26(30(18-23)41-6)25-15-16-28-31(38(5)33(40)34(3,4)37-28)27(25)19-42-29-17-22(35)12-11-21(29)2/h7-18,37H,19H2,1-6H3,(H,36,39). The molecule has 2 N–H and O–H groups in total. The molecule has 4 aromatic rings. The fourth-order valence-corrected chi connectivity index (χ4v) is 5.33. The Balaban J connectivity index is 1.58. The van der Waals surface area contributed by atoms with Gasteiger partial charge in [0.25, 0.3) is 11.8 Å². The summed E-state index contributed by atoms with van der Waals surface area (Å²) in [4.78, 5) is 27.9. The number of nitrogens with zero attached hydrogens (tertiary/aromatic N) is 1. The SMILES string of the molecule is COc1cc(NC(=O)c2ccccc2C)ccc1-c1ccc2c(c1COc1cc(F)ccc1C)N(C)C(=O)C(C)(C)N2. The predicted molar refractivity (Wildman–Crippen MR) is 164 cm³/mol. The molecule has 2 amide bonds. The Kier molecular flexibility index (Phi) is 7.65. The number of halogens is 1. The molecule has 216 valence electrons. The van der Waals surface area contributed by atoms with Gasteiger partial charge in [0.05, 0.1) is 18.5 Å². The van der Waals surface area contributed by atoms with Gasteiger partial charge in [0.15, 0.2) is 0 Å². The summed E-state index contributed by atoms with van der Waals surface area (Å²) in [5.41, 5.74) is 5.73. The van der Waals surface area contributed by atoms with E-state index in [0.29, 0.717) is 28.4 Å². The fraction of sp³-hybridized carbons (Fsp3) is 0.235. The number of amides is 2. The van der Waals surface area contributed by atoms with Crippen molar-refractivity contribution in [2.45, 2.75) is 39.8 Å². The number of ether oxygens (including phenoxy) is 2. The van der Waals surface area contributed by atoms with Gasteiger partial charge in [-0.15, -0.1) is 0 Å². The molecule has 42 heavy (non-hydrogen) atoms. The second-order valence-electron chi connectivity index (χ2n) is 11.0. The highest BCUT2D eigenvalue weighted by atomic mass is 19.1. The number of likely N-dealkylation sites (N-methyl/N-ethyl adjacent to an activating group) is 1. The normalized spacial score (nSPS) is 13.7. The van der Waals surface area contributed by atoms with Gasteiger partial charge in [0.1, 0.15) is 29.5 Å². The third-order valence-corrected chi connectivity index (χ3v) is 7.57. The Hall–Kier alpha value is -4.85. The molecule has 0 spiro atoms. The number of rotatable bonds is 7. The molecular weight excluding hydrogens is 533 g/mol. The first-order valence-electron chi connectivity index (χ1n) is 13.7. The molecule has 0 bridgehead atoms. The van der Waals surface area contributed by atoms with Crippen LogP contribution in [0.25, 0.3) is 11.1 Å². The Labute approximate surface area is 245 Å². The Morgan fingerprint density at radius 1 is 0.952 bits per heavy atom. The van der Waals surface area contributed by atoms with Crippen molar-refractivity contribution in [1.29, 1.82) is 0 Å². The molecule has 0 saturated heterocycles. The van der Waals surface area contributed by atoms with Gasteiger partial charge in [-0.2, -0.15) is 0 Å². The van der Waals surface area contributed by atoms with E-state index < -0.39 is 11.4 Å². The predicted octanol–water partition coefficient (Wildman–Crippen LogP) is 7.12. The lowest BCUT2D eigenvalue weighted by molar-refractivity contribution is -0.121. The van der Waals surface area contributed by atoms with E-state index in [0.717, 1.165) is 33.5 Å². The van der Waals surface area contributed by atoms with Crippen molar-refractivity contribution in [2.75, 3.05) is 29.7 Å². The third-order valence-electron chi connectivity index (χ3n) is 7.57. The number of hydrogen-bond acceptors (Lipinski definition) is 5. The Morgan fingerprint density at radius 3 is 2.43 bits per heavy atom. The first-order chi connectivity index (χ1) is 20.0. The van der Waals surface area contributed by atoms with Crippen LogP contribution in [0.3, 0.4) is 0 Å². The minimum absolute atomic E-state index is 0.0669. The molecule has 0 atom stereocenters. The van der Waals surface area contributed by atoms with Crippen molar-refractivity contribution in [3.8, 4) is 22.6 Å². The molecule has 0 saturated carbocycles. The van der Waals surface area contributed by atoms with E-state index in [1.54, 1.807) is 37.3 Å². The van der Waals surface area contributed by atoms with Crippen molar-refractivity contribution >= 4 is 28.9 Å². The maximum Gasteiger partial charge on any atom is 0.255 e. The smallest absolute Gasteiger partial charge is 0.255 e. The maximum absolute atomic E-state index is 14.1. The van der Waals surface area contributed by atoms with Crippen molar-refractivity contribution in [2.24, 2.45) is 0 Å². The summed E-state index contributed by atoms with van der Waals surface area (Å²) in [7, 11) is 3.31. The lowest BCUT2D eigenvalue weighted by Crippen LogP contribution is -2.52. The summed E-state index contributed by atoms with van der Waals surface area (Å²) in [5, 5.41) is 6.30. The summed E-state index contributed by atoms with van der Waals surface area (Å²) in [6, 6.07) is 21.1. The van der Waals surface area contributed by atoms with Crippen LogP contribution < -0.4 is 25.0 Å². The number of fused-ring (bicyclic) bond motifs is 1. The molecule has 7 nitrogen and oxygen atoms in total. The second-order valence-corrected chi connectivity index (χ2v) is 11.0. The van der Waals surface area contributed by atoms with Crippen LogP contribution in [0.2, 0.25) is 0 Å². The highest BCUT2D eigenvalue weighted by molar-refractivity contribution is 6.09. The molecule has 0 aromatic heterocycles. The zero-order chi connectivity index (χ0) is 30.2. The molecule has 0 fully saturated rings. The number of methoxy groups -OCH3 is 1. The summed E-state index contributed by atoms with van der Waals surface area (Å²) in [6.07, 6.45) is 0. The van der Waals surface area contributed by atoms with Crippen molar-refractivity contribution in [1.82, 2.24) is 0 Å². The van der Waals surface area contributed by atoms with Gasteiger partial charge in [0.2, 0.25) is 0 Å². The largest absolute Gasteiger partial charge is 0.496 e. The van der Waals surface area contributed by atoms with Gasteiger partial charge < -0.3 is 25.0 Å². The van der Waals surface area contributed by atoms with Gasteiger partial charge >= 0.3 is 0 Å². The van der Waals surface area contributed by atoms with Crippen LogP contribution in [-0.4, -0.2) is 31.5 Å². The molecule has 0 radical (unpaired) electrons. The first kappa shape index (κ1) is 28.7. The number of anilines is 3. The van der Waals surface area contributed by atoms with E-state index in [9.17, 15) is 14.0 Å². The minimum atomic E-state index is -0.796. The molecule has 5 rings (SSSR count). The average molecular weight is 568 g/mol. The average Bonchev–Trinajstić information content (AvgIpc) is 2.96. The summed E-state index contributed by atoms with van der Waals surface area (Å²) in [6.45, 7) is 7.48. The second kappa shape index (κ2) is 11.2. The molecule has 4 aromatic carbocycles. The van der Waals surface area contributed by atoms with E-state index in [4.69, 9.17) is 9.47 Å². The van der Waals surface area contributed by atoms with E-state index in [2.05, 4.69) is 10.6 Å². The highest BCUT2D eigenvalue weighted by Crippen LogP contribution is 2.45. The topological polar surface area (TPSA) is 79.9 Å². The van der Waals surface area contributed by atoms with E-state index >= 15 is 0 Å². The molecule has 0 aliphatic carbocycles. The van der Waals surface area contributed by atoms with Crippen LogP contribution in [0.1, 0.15) is 40.9 Å². The number of nitrogens with one attached hydrogen (secondary N) is 2. The number of aryl methyl sites for hydroxylation is 2. The number of hydrogen-bond donors (Lipinski definition) is 2. The van der Waals surface area contributed by atoms with Gasteiger partial charge in [-0.1, -0.05) is 30.3 Å². The quantitative estimate of drug-likeness (QED) is 0.249. The first-order valence-corrected chi connectivity index (χ1v) is 13.7. The maximum atomic E-state index is 14.1. The molecule has 0 unspecified atom stereocenters. The van der Waals surface area contributed by atoms with E-state index in [1.807, 2.05) is 70.2 Å². The zero-order valence-corrected chi connectivity index (χ0v) is 24.6. The van der Waals surface area contributed by atoms with Crippen LogP contribution in [0.4, 0.5) is 21.5 Å². The van der Waals surface area contributed by atoms with E-state index in [-0.39, 0.29) is 18.4 Å². The molecule has 1 aliphatic rings. The van der Waals surface area contributed by atoms with Gasteiger partial charge in [-0.25, -0.2) is 4.39 Å². The summed E-state index contributed by atoms with van der Waals surface area (Å²) < 4.78 is 26.0. The van der Waals surface area contributed by atoms with Crippen LogP contribution in [-0.2, 0) is 11.4 Å². The lowest BCUT2D eigenvalue weighted by atomic mass is 9.91.